The summed E-state index contributed by atoms with van der Waals surface area (Å²) < 4.78 is 17.0. The van der Waals surface area contributed by atoms with Crippen LogP contribution in [0.3, 0.4) is 0 Å². The lowest BCUT2D eigenvalue weighted by Crippen LogP contribution is -2.55. The standard InChI is InChI=1S/C13H24N2O3Si/c1-16-19(17-2,13-6-4-3-5-7-13)18-11-9-12(15)8-10-14/h3-7,12H,8-11,14-15H2,1-2H3. The van der Waals surface area contributed by atoms with Crippen LogP contribution in [0, 0.1) is 0 Å². The van der Waals surface area contributed by atoms with Gasteiger partial charge in [0.1, 0.15) is 0 Å². The first-order valence-corrected chi connectivity index (χ1v) is 8.16. The molecule has 6 heteroatoms. The predicted molar refractivity (Wildman–Crippen MR) is 78.1 cm³/mol. The van der Waals surface area contributed by atoms with Crippen molar-refractivity contribution in [2.75, 3.05) is 27.4 Å². The summed E-state index contributed by atoms with van der Waals surface area (Å²) in [5, 5.41) is 0.951. The van der Waals surface area contributed by atoms with Gasteiger partial charge in [-0.05, 0) is 19.4 Å². The summed E-state index contributed by atoms with van der Waals surface area (Å²) >= 11 is 0. The zero-order chi connectivity index (χ0) is 14.1. The second kappa shape index (κ2) is 8.42. The molecular formula is C13H24N2O3Si. The minimum Gasteiger partial charge on any atom is -0.373 e. The van der Waals surface area contributed by atoms with Gasteiger partial charge in [0.15, 0.2) is 0 Å². The summed E-state index contributed by atoms with van der Waals surface area (Å²) in [6, 6.07) is 9.81. The molecule has 19 heavy (non-hydrogen) atoms. The Morgan fingerprint density at radius 3 is 2.26 bits per heavy atom. The van der Waals surface area contributed by atoms with Crippen LogP contribution in [-0.4, -0.2) is 42.2 Å². The molecule has 0 aliphatic rings. The molecule has 0 radical (unpaired) electrons. The summed E-state index contributed by atoms with van der Waals surface area (Å²) in [6.45, 7) is 1.10. The Kier molecular flexibility index (Phi) is 7.22. The smallest absolute Gasteiger partial charge is 0.373 e. The van der Waals surface area contributed by atoms with Crippen LogP contribution in [0.4, 0.5) is 0 Å². The third kappa shape index (κ3) is 4.68. The Morgan fingerprint density at radius 2 is 1.74 bits per heavy atom. The van der Waals surface area contributed by atoms with Crippen molar-refractivity contribution < 1.29 is 13.3 Å². The SMILES string of the molecule is CO[Si](OC)(OCCC(N)CCN)c1ccccc1. The fourth-order valence-electron chi connectivity index (χ4n) is 1.87. The predicted octanol–water partition coefficient (Wildman–Crippen LogP) is 0.208. The van der Waals surface area contributed by atoms with E-state index in [2.05, 4.69) is 0 Å². The Balaban J connectivity index is 2.62. The van der Waals surface area contributed by atoms with Crippen LogP contribution in [0.15, 0.2) is 30.3 Å². The Hall–Kier alpha value is -0.763. The van der Waals surface area contributed by atoms with Gasteiger partial charge in [-0.1, -0.05) is 30.3 Å². The summed E-state index contributed by atoms with van der Waals surface area (Å²) in [5.74, 6) is 0. The van der Waals surface area contributed by atoms with Crippen LogP contribution in [0.2, 0.25) is 0 Å². The van der Waals surface area contributed by atoms with Crippen molar-refractivity contribution in [2.45, 2.75) is 18.9 Å². The van der Waals surface area contributed by atoms with Crippen LogP contribution in [0.1, 0.15) is 12.8 Å². The van der Waals surface area contributed by atoms with E-state index in [1.54, 1.807) is 14.2 Å². The molecular weight excluding hydrogens is 260 g/mol. The molecule has 0 fully saturated rings. The van der Waals surface area contributed by atoms with Crippen LogP contribution in [0.25, 0.3) is 0 Å². The van der Waals surface area contributed by atoms with Gasteiger partial charge in [-0.3, -0.25) is 0 Å². The van der Waals surface area contributed by atoms with Crippen LogP contribution in [-0.2, 0) is 13.3 Å². The van der Waals surface area contributed by atoms with Gasteiger partial charge >= 0.3 is 8.80 Å². The van der Waals surface area contributed by atoms with Gasteiger partial charge in [0.2, 0.25) is 0 Å². The molecule has 1 rings (SSSR count). The number of hydrogen-bond acceptors (Lipinski definition) is 5. The number of benzene rings is 1. The van der Waals surface area contributed by atoms with Crippen molar-refractivity contribution in [3.8, 4) is 0 Å². The molecule has 0 bridgehead atoms. The molecule has 4 N–H and O–H groups in total. The molecule has 0 amide bonds. The number of hydrogen-bond donors (Lipinski definition) is 2. The Labute approximate surface area is 116 Å². The van der Waals surface area contributed by atoms with Gasteiger partial charge in [-0.15, -0.1) is 0 Å². The maximum absolute atomic E-state index is 5.91. The van der Waals surface area contributed by atoms with Crippen molar-refractivity contribution in [1.82, 2.24) is 0 Å². The van der Waals surface area contributed by atoms with Gasteiger partial charge in [-0.2, -0.15) is 0 Å². The lowest BCUT2D eigenvalue weighted by atomic mass is 10.2. The van der Waals surface area contributed by atoms with E-state index in [0.29, 0.717) is 13.2 Å². The third-order valence-electron chi connectivity index (χ3n) is 2.98. The molecule has 0 aliphatic carbocycles. The topological polar surface area (TPSA) is 79.7 Å². The highest BCUT2D eigenvalue weighted by atomic mass is 28.4. The second-order valence-electron chi connectivity index (χ2n) is 4.31. The quantitative estimate of drug-likeness (QED) is 0.634. The molecule has 0 heterocycles. The van der Waals surface area contributed by atoms with E-state index in [9.17, 15) is 0 Å². The largest absolute Gasteiger partial charge is 0.536 e. The number of rotatable bonds is 9. The van der Waals surface area contributed by atoms with Crippen molar-refractivity contribution in [3.05, 3.63) is 30.3 Å². The van der Waals surface area contributed by atoms with Crippen LogP contribution in [0.5, 0.6) is 0 Å². The molecule has 0 saturated carbocycles. The molecule has 0 aliphatic heterocycles. The highest BCUT2D eigenvalue weighted by Crippen LogP contribution is 2.09. The normalized spacial score (nSPS) is 13.5. The van der Waals surface area contributed by atoms with Crippen LogP contribution >= 0.6 is 0 Å². The zero-order valence-electron chi connectivity index (χ0n) is 11.7. The first kappa shape index (κ1) is 16.3. The van der Waals surface area contributed by atoms with Crippen molar-refractivity contribution in [2.24, 2.45) is 11.5 Å². The van der Waals surface area contributed by atoms with Gasteiger partial charge in [0.05, 0.1) is 0 Å². The molecule has 5 nitrogen and oxygen atoms in total. The molecule has 108 valence electrons. The fourth-order valence-corrected chi connectivity index (χ4v) is 3.89. The summed E-state index contributed by atoms with van der Waals surface area (Å²) in [5.41, 5.74) is 11.4. The van der Waals surface area contributed by atoms with E-state index in [1.165, 1.54) is 0 Å². The molecule has 1 unspecified atom stereocenters. The fraction of sp³-hybridized carbons (Fsp3) is 0.538. The van der Waals surface area contributed by atoms with Crippen molar-refractivity contribution in [3.63, 3.8) is 0 Å². The molecule has 1 aromatic carbocycles. The molecule has 1 aromatic rings. The molecule has 0 aromatic heterocycles. The van der Waals surface area contributed by atoms with E-state index in [1.807, 2.05) is 30.3 Å². The van der Waals surface area contributed by atoms with Gasteiger partial charge in [0.25, 0.3) is 0 Å². The highest BCUT2D eigenvalue weighted by molar-refractivity contribution is 6.75. The number of nitrogens with two attached hydrogens (primary N) is 2. The van der Waals surface area contributed by atoms with Gasteiger partial charge in [-0.25, -0.2) is 0 Å². The van der Waals surface area contributed by atoms with Gasteiger partial charge in [0, 0.05) is 32.1 Å². The molecule has 1 atom stereocenters. The first-order valence-electron chi connectivity index (χ1n) is 6.44. The second-order valence-corrected chi connectivity index (χ2v) is 7.10. The minimum absolute atomic E-state index is 0.0567. The lowest BCUT2D eigenvalue weighted by Gasteiger charge is -2.27. The summed E-state index contributed by atoms with van der Waals surface area (Å²) in [7, 11) is 0.431. The van der Waals surface area contributed by atoms with E-state index >= 15 is 0 Å². The van der Waals surface area contributed by atoms with E-state index in [0.717, 1.165) is 18.0 Å². The third-order valence-corrected chi connectivity index (χ3v) is 5.68. The minimum atomic E-state index is -2.80. The maximum Gasteiger partial charge on any atom is 0.536 e. The van der Waals surface area contributed by atoms with E-state index < -0.39 is 8.80 Å². The monoisotopic (exact) mass is 284 g/mol. The molecule has 0 saturated heterocycles. The summed E-state index contributed by atoms with van der Waals surface area (Å²) in [6.07, 6.45) is 1.54. The van der Waals surface area contributed by atoms with E-state index in [4.69, 9.17) is 24.7 Å². The van der Waals surface area contributed by atoms with E-state index in [-0.39, 0.29) is 6.04 Å². The Morgan fingerprint density at radius 1 is 1.11 bits per heavy atom. The first-order chi connectivity index (χ1) is 9.18. The highest BCUT2D eigenvalue weighted by Gasteiger charge is 2.41. The lowest BCUT2D eigenvalue weighted by molar-refractivity contribution is 0.110. The van der Waals surface area contributed by atoms with Gasteiger partial charge < -0.3 is 24.7 Å². The zero-order valence-corrected chi connectivity index (χ0v) is 12.7. The average molecular weight is 284 g/mol. The van der Waals surface area contributed by atoms with Crippen LogP contribution < -0.4 is 16.7 Å². The molecule has 0 spiro atoms. The van der Waals surface area contributed by atoms with Crippen molar-refractivity contribution >= 4 is 14.0 Å². The van der Waals surface area contributed by atoms with Crippen molar-refractivity contribution in [1.29, 1.82) is 0 Å². The average Bonchev–Trinajstić information content (AvgIpc) is 2.45. The summed E-state index contributed by atoms with van der Waals surface area (Å²) in [4.78, 5) is 0. The Bertz CT molecular complexity index is 347. The maximum atomic E-state index is 5.91.